The number of H-pyrrole nitrogens is 2. The maximum absolute atomic E-state index is 11.3. The van der Waals surface area contributed by atoms with Gasteiger partial charge in [0.2, 0.25) is 0 Å². The van der Waals surface area contributed by atoms with Crippen molar-refractivity contribution in [3.05, 3.63) is 69.2 Å². The van der Waals surface area contributed by atoms with E-state index in [-0.39, 0.29) is 5.69 Å². The quantitative estimate of drug-likeness (QED) is 0.481. The van der Waals surface area contributed by atoms with Gasteiger partial charge in [-0.2, -0.15) is 0 Å². The molecule has 0 radical (unpaired) electrons. The highest BCUT2D eigenvalue weighted by Gasteiger charge is 2.07. The van der Waals surface area contributed by atoms with E-state index in [0.29, 0.717) is 0 Å². The molecular weight excluding hydrogens is 336 g/mol. The van der Waals surface area contributed by atoms with Gasteiger partial charge in [-0.05, 0) is 48.4 Å². The van der Waals surface area contributed by atoms with Gasteiger partial charge in [-0.3, -0.25) is 0 Å². The second-order valence-electron chi connectivity index (χ2n) is 6.31. The number of aryl methyl sites for hydroxylation is 1. The van der Waals surface area contributed by atoms with Gasteiger partial charge in [0, 0.05) is 35.7 Å². The monoisotopic (exact) mass is 354 g/mol. The van der Waals surface area contributed by atoms with E-state index in [1.807, 2.05) is 37.4 Å². The maximum atomic E-state index is 11.3. The minimum Gasteiger partial charge on any atom is -0.350 e. The summed E-state index contributed by atoms with van der Waals surface area (Å²) in [5.41, 5.74) is 5.12. The molecule has 4 aromatic rings. The maximum Gasteiger partial charge on any atom is 0.323 e. The molecule has 0 bridgehead atoms. The van der Waals surface area contributed by atoms with E-state index in [1.165, 1.54) is 10.9 Å². The van der Waals surface area contributed by atoms with Crippen LogP contribution >= 0.6 is 11.6 Å². The van der Waals surface area contributed by atoms with Crippen molar-refractivity contribution in [1.82, 2.24) is 19.9 Å². The van der Waals surface area contributed by atoms with Crippen LogP contribution in [-0.2, 0) is 20.0 Å². The first-order chi connectivity index (χ1) is 12.1. The van der Waals surface area contributed by atoms with E-state index in [0.717, 1.165) is 46.6 Å². The fraction of sp³-hybridized carbons (Fsp3) is 0.211. The van der Waals surface area contributed by atoms with Crippen molar-refractivity contribution in [3.63, 3.8) is 0 Å². The average molecular weight is 355 g/mol. The lowest BCUT2D eigenvalue weighted by atomic mass is 10.1. The van der Waals surface area contributed by atoms with E-state index in [9.17, 15) is 4.79 Å². The van der Waals surface area contributed by atoms with Gasteiger partial charge < -0.3 is 19.9 Å². The molecule has 0 unspecified atom stereocenters. The topological polar surface area (TPSA) is 65.6 Å². The smallest absolute Gasteiger partial charge is 0.323 e. The molecule has 0 saturated heterocycles. The van der Waals surface area contributed by atoms with Crippen LogP contribution in [0.4, 0.5) is 0 Å². The number of rotatable bonds is 5. The number of benzene rings is 2. The fourth-order valence-corrected chi connectivity index (χ4v) is 3.45. The molecule has 4 rings (SSSR count). The third-order valence-corrected chi connectivity index (χ3v) is 4.75. The Morgan fingerprint density at radius 3 is 2.84 bits per heavy atom. The van der Waals surface area contributed by atoms with Crippen LogP contribution in [0, 0.1) is 0 Å². The van der Waals surface area contributed by atoms with E-state index in [2.05, 4.69) is 32.1 Å². The minimum absolute atomic E-state index is 0.170. The summed E-state index contributed by atoms with van der Waals surface area (Å²) >= 11 is 6.09. The summed E-state index contributed by atoms with van der Waals surface area (Å²) in [4.78, 5) is 16.9. The Kier molecular flexibility index (Phi) is 4.11. The Morgan fingerprint density at radius 2 is 1.96 bits per heavy atom. The van der Waals surface area contributed by atoms with Gasteiger partial charge in [0.1, 0.15) is 0 Å². The first-order valence-electron chi connectivity index (χ1n) is 8.25. The van der Waals surface area contributed by atoms with Gasteiger partial charge in [-0.15, -0.1) is 0 Å². The third kappa shape index (κ3) is 3.21. The van der Waals surface area contributed by atoms with Crippen LogP contribution in [0.3, 0.4) is 0 Å². The second kappa shape index (κ2) is 6.43. The van der Waals surface area contributed by atoms with Gasteiger partial charge in [0.05, 0.1) is 11.0 Å². The second-order valence-corrected chi connectivity index (χ2v) is 6.75. The van der Waals surface area contributed by atoms with E-state index >= 15 is 0 Å². The molecule has 5 nitrogen and oxygen atoms in total. The van der Waals surface area contributed by atoms with Crippen LogP contribution in [0.1, 0.15) is 11.1 Å². The van der Waals surface area contributed by atoms with Crippen LogP contribution < -0.4 is 11.0 Å². The molecule has 0 aliphatic rings. The number of halogens is 1. The Morgan fingerprint density at radius 1 is 1.12 bits per heavy atom. The Bertz CT molecular complexity index is 1110. The lowest BCUT2D eigenvalue weighted by Crippen LogP contribution is -2.16. The summed E-state index contributed by atoms with van der Waals surface area (Å²) in [7, 11) is 2.04. The lowest BCUT2D eigenvalue weighted by Gasteiger charge is -2.05. The first-order valence-corrected chi connectivity index (χ1v) is 8.63. The summed E-state index contributed by atoms with van der Waals surface area (Å²) in [6.45, 7) is 1.64. The number of aromatic amines is 2. The molecule has 0 aliphatic carbocycles. The highest BCUT2D eigenvalue weighted by molar-refractivity contribution is 6.31. The standard InChI is InChI=1S/C19H19ClN4O/c1-24-11-13(15-4-3-14(20)9-18(15)24)6-7-21-10-12-2-5-16-17(8-12)23-19(25)22-16/h2-5,8-9,11,21H,6-7,10H2,1H3,(H2,22,23,25). The van der Waals surface area contributed by atoms with Crippen molar-refractivity contribution in [3.8, 4) is 0 Å². The number of fused-ring (bicyclic) bond motifs is 2. The predicted molar refractivity (Wildman–Crippen MR) is 102 cm³/mol. The molecule has 0 fully saturated rings. The van der Waals surface area contributed by atoms with Crippen molar-refractivity contribution < 1.29 is 0 Å². The van der Waals surface area contributed by atoms with Crippen molar-refractivity contribution in [2.24, 2.45) is 7.05 Å². The van der Waals surface area contributed by atoms with Gasteiger partial charge >= 0.3 is 5.69 Å². The molecule has 0 amide bonds. The largest absolute Gasteiger partial charge is 0.350 e. The van der Waals surface area contributed by atoms with Crippen molar-refractivity contribution in [2.45, 2.75) is 13.0 Å². The highest BCUT2D eigenvalue weighted by atomic mass is 35.5. The van der Waals surface area contributed by atoms with Gasteiger partial charge in [-0.25, -0.2) is 4.79 Å². The summed E-state index contributed by atoms with van der Waals surface area (Å²) in [5.74, 6) is 0. The zero-order valence-corrected chi connectivity index (χ0v) is 14.7. The first kappa shape index (κ1) is 16.0. The van der Waals surface area contributed by atoms with Crippen LogP contribution in [0.2, 0.25) is 5.02 Å². The molecule has 0 aliphatic heterocycles. The number of hydrogen-bond acceptors (Lipinski definition) is 2. The Balaban J connectivity index is 1.41. The Labute approximate surface area is 149 Å². The lowest BCUT2D eigenvalue weighted by molar-refractivity contribution is 0.688. The van der Waals surface area contributed by atoms with Gasteiger partial charge in [0.25, 0.3) is 0 Å². The molecule has 6 heteroatoms. The van der Waals surface area contributed by atoms with E-state index in [1.54, 1.807) is 0 Å². The minimum atomic E-state index is -0.170. The van der Waals surface area contributed by atoms with Crippen molar-refractivity contribution in [2.75, 3.05) is 6.54 Å². The normalized spacial score (nSPS) is 11.6. The number of nitrogens with zero attached hydrogens (tertiary/aromatic N) is 1. The van der Waals surface area contributed by atoms with Crippen LogP contribution in [-0.4, -0.2) is 21.1 Å². The molecule has 0 spiro atoms. The molecule has 2 aromatic carbocycles. The molecule has 2 aromatic heterocycles. The van der Waals surface area contributed by atoms with E-state index in [4.69, 9.17) is 11.6 Å². The highest BCUT2D eigenvalue weighted by Crippen LogP contribution is 2.24. The molecule has 3 N–H and O–H groups in total. The summed E-state index contributed by atoms with van der Waals surface area (Å²) in [6.07, 6.45) is 3.11. The zero-order chi connectivity index (χ0) is 17.4. The molecule has 25 heavy (non-hydrogen) atoms. The molecule has 0 atom stereocenters. The summed E-state index contributed by atoms with van der Waals surface area (Å²) < 4.78 is 2.12. The molecular formula is C19H19ClN4O. The van der Waals surface area contributed by atoms with Gasteiger partial charge in [-0.1, -0.05) is 23.7 Å². The number of nitrogens with one attached hydrogen (secondary N) is 3. The molecule has 128 valence electrons. The van der Waals surface area contributed by atoms with Crippen LogP contribution in [0.25, 0.3) is 21.9 Å². The Hall–Kier alpha value is -2.50. The number of hydrogen-bond donors (Lipinski definition) is 3. The van der Waals surface area contributed by atoms with Crippen LogP contribution in [0.5, 0.6) is 0 Å². The summed E-state index contributed by atoms with van der Waals surface area (Å²) in [6, 6.07) is 12.0. The number of aromatic nitrogens is 3. The average Bonchev–Trinajstić information content (AvgIpc) is 3.10. The zero-order valence-electron chi connectivity index (χ0n) is 13.9. The summed E-state index contributed by atoms with van der Waals surface area (Å²) in [5, 5.41) is 5.48. The van der Waals surface area contributed by atoms with Gasteiger partial charge in [0.15, 0.2) is 0 Å². The van der Waals surface area contributed by atoms with Crippen molar-refractivity contribution in [1.29, 1.82) is 0 Å². The van der Waals surface area contributed by atoms with Crippen LogP contribution in [0.15, 0.2) is 47.4 Å². The van der Waals surface area contributed by atoms with Crippen molar-refractivity contribution >= 4 is 33.5 Å². The SMILES string of the molecule is Cn1cc(CCNCc2ccc3[nH]c(=O)[nH]c3c2)c2ccc(Cl)cc21. The van der Waals surface area contributed by atoms with E-state index < -0.39 is 0 Å². The third-order valence-electron chi connectivity index (χ3n) is 4.52. The molecule has 0 saturated carbocycles. The predicted octanol–water partition coefficient (Wildman–Crippen LogP) is 3.33. The number of imidazole rings is 1. The molecule has 2 heterocycles. The fourth-order valence-electron chi connectivity index (χ4n) is 3.29.